The van der Waals surface area contributed by atoms with Crippen molar-refractivity contribution in [1.29, 1.82) is 5.26 Å². The summed E-state index contributed by atoms with van der Waals surface area (Å²) in [7, 11) is 0. The van der Waals surface area contributed by atoms with E-state index in [1.807, 2.05) is 18.3 Å². The van der Waals surface area contributed by atoms with Gasteiger partial charge in [0.25, 0.3) is 5.91 Å². The Bertz CT molecular complexity index is 1360. The highest BCUT2D eigenvalue weighted by Gasteiger charge is 2.15. The van der Waals surface area contributed by atoms with Crippen LogP contribution in [0.3, 0.4) is 0 Å². The maximum atomic E-state index is 13.5. The van der Waals surface area contributed by atoms with Crippen LogP contribution in [0.4, 0.5) is 4.39 Å². The van der Waals surface area contributed by atoms with Crippen LogP contribution in [0, 0.1) is 17.1 Å². The number of carbonyl (C=O) groups is 1. The average Bonchev–Trinajstić information content (AvgIpc) is 3.30. The van der Waals surface area contributed by atoms with E-state index in [9.17, 15) is 14.3 Å². The predicted octanol–water partition coefficient (Wildman–Crippen LogP) is 4.73. The minimum absolute atomic E-state index is 0.0494. The molecule has 8 heteroatoms. The number of hydrogen-bond donors (Lipinski definition) is 2. The molecular formula is C27H24FN5O2. The van der Waals surface area contributed by atoms with E-state index in [1.165, 1.54) is 18.2 Å². The van der Waals surface area contributed by atoms with Crippen LogP contribution in [0.25, 0.3) is 22.4 Å². The number of halogens is 1. The molecule has 176 valence electrons. The molecule has 0 aliphatic carbocycles. The highest BCUT2D eigenvalue weighted by atomic mass is 19.1. The normalized spacial score (nSPS) is 10.6. The van der Waals surface area contributed by atoms with Crippen LogP contribution in [-0.4, -0.2) is 32.3 Å². The number of pyridine rings is 1. The van der Waals surface area contributed by atoms with E-state index in [2.05, 4.69) is 21.5 Å². The number of phenols is 1. The Morgan fingerprint density at radius 1 is 1.11 bits per heavy atom. The molecular weight excluding hydrogens is 445 g/mol. The Kier molecular flexibility index (Phi) is 7.48. The van der Waals surface area contributed by atoms with Crippen molar-refractivity contribution in [2.45, 2.75) is 25.8 Å². The van der Waals surface area contributed by atoms with Crippen molar-refractivity contribution < 1.29 is 14.3 Å². The summed E-state index contributed by atoms with van der Waals surface area (Å²) in [5.74, 6) is -0.690. The smallest absolute Gasteiger partial charge is 0.255 e. The minimum atomic E-state index is -0.321. The van der Waals surface area contributed by atoms with Gasteiger partial charge in [-0.05, 0) is 66.9 Å². The van der Waals surface area contributed by atoms with Gasteiger partial charge in [-0.1, -0.05) is 12.1 Å². The minimum Gasteiger partial charge on any atom is -0.507 e. The van der Waals surface area contributed by atoms with Gasteiger partial charge in [-0.2, -0.15) is 10.4 Å². The van der Waals surface area contributed by atoms with E-state index >= 15 is 0 Å². The van der Waals surface area contributed by atoms with E-state index < -0.39 is 0 Å². The van der Waals surface area contributed by atoms with Gasteiger partial charge in [-0.25, -0.2) is 4.39 Å². The molecule has 0 aliphatic heterocycles. The molecule has 1 amide bonds. The number of hydrogen-bond acceptors (Lipinski definition) is 5. The molecule has 0 aliphatic rings. The molecule has 7 nitrogen and oxygen atoms in total. The van der Waals surface area contributed by atoms with E-state index in [4.69, 9.17) is 5.26 Å². The van der Waals surface area contributed by atoms with Crippen LogP contribution in [0.1, 0.15) is 28.9 Å². The van der Waals surface area contributed by atoms with Crippen molar-refractivity contribution in [2.24, 2.45) is 0 Å². The molecule has 0 spiro atoms. The van der Waals surface area contributed by atoms with Gasteiger partial charge >= 0.3 is 0 Å². The third-order valence-electron chi connectivity index (χ3n) is 5.50. The van der Waals surface area contributed by atoms with Crippen LogP contribution < -0.4 is 5.32 Å². The van der Waals surface area contributed by atoms with Crippen molar-refractivity contribution in [3.8, 4) is 34.2 Å². The van der Waals surface area contributed by atoms with Gasteiger partial charge in [0.15, 0.2) is 0 Å². The summed E-state index contributed by atoms with van der Waals surface area (Å²) in [6.45, 7) is 0.894. The third-order valence-corrected chi connectivity index (χ3v) is 5.50. The maximum absolute atomic E-state index is 13.5. The zero-order valence-corrected chi connectivity index (χ0v) is 19.0. The van der Waals surface area contributed by atoms with Crippen LogP contribution >= 0.6 is 0 Å². The number of aromatic nitrogens is 3. The highest BCUT2D eigenvalue weighted by Crippen LogP contribution is 2.31. The summed E-state index contributed by atoms with van der Waals surface area (Å²) >= 11 is 0. The molecule has 0 bridgehead atoms. The number of nitriles is 1. The van der Waals surface area contributed by atoms with Crippen LogP contribution in [-0.2, 0) is 13.0 Å². The van der Waals surface area contributed by atoms with Gasteiger partial charge in [-0.15, -0.1) is 0 Å². The lowest BCUT2D eigenvalue weighted by Crippen LogP contribution is -2.24. The van der Waals surface area contributed by atoms with Gasteiger partial charge in [0.2, 0.25) is 0 Å². The molecule has 35 heavy (non-hydrogen) atoms. The number of nitrogens with zero attached hydrogens (tertiary/aromatic N) is 4. The molecule has 0 saturated heterocycles. The second kappa shape index (κ2) is 11.1. The van der Waals surface area contributed by atoms with E-state index in [1.54, 1.807) is 41.2 Å². The Balaban J connectivity index is 1.47. The van der Waals surface area contributed by atoms with Crippen molar-refractivity contribution in [3.05, 3.63) is 90.1 Å². The van der Waals surface area contributed by atoms with E-state index in [-0.39, 0.29) is 23.0 Å². The molecule has 4 rings (SSSR count). The first kappa shape index (κ1) is 23.6. The molecule has 2 N–H and O–H groups in total. The summed E-state index contributed by atoms with van der Waals surface area (Å²) in [5, 5.41) is 26.2. The number of aryl methyl sites for hydroxylation is 2. The Morgan fingerprint density at radius 2 is 1.91 bits per heavy atom. The SMILES string of the molecule is N#CCCn1cc(-c2ccnc(CCCNC(=O)c3ccccc3O)c2)c(-c2ccc(F)cc2)n1. The second-order valence-electron chi connectivity index (χ2n) is 7.98. The fourth-order valence-corrected chi connectivity index (χ4v) is 3.75. The van der Waals surface area contributed by atoms with Crippen LogP contribution in [0.2, 0.25) is 0 Å². The lowest BCUT2D eigenvalue weighted by molar-refractivity contribution is 0.0950. The number of aromatic hydroxyl groups is 1. The quantitative estimate of drug-likeness (QED) is 0.345. The van der Waals surface area contributed by atoms with Crippen molar-refractivity contribution in [3.63, 3.8) is 0 Å². The van der Waals surface area contributed by atoms with Gasteiger partial charge < -0.3 is 10.4 Å². The number of rotatable bonds is 9. The molecule has 0 fully saturated rings. The molecule has 0 radical (unpaired) electrons. The first-order valence-electron chi connectivity index (χ1n) is 11.3. The Labute approximate surface area is 202 Å². The average molecular weight is 470 g/mol. The first-order chi connectivity index (χ1) is 17.0. The summed E-state index contributed by atoms with van der Waals surface area (Å²) in [5.41, 5.74) is 4.36. The van der Waals surface area contributed by atoms with Crippen molar-refractivity contribution in [1.82, 2.24) is 20.1 Å². The predicted molar refractivity (Wildman–Crippen MR) is 130 cm³/mol. The summed E-state index contributed by atoms with van der Waals surface area (Å²) in [4.78, 5) is 16.7. The molecule has 2 aromatic carbocycles. The van der Waals surface area contributed by atoms with Crippen molar-refractivity contribution >= 4 is 5.91 Å². The lowest BCUT2D eigenvalue weighted by Gasteiger charge is -2.08. The molecule has 0 saturated carbocycles. The topological polar surface area (TPSA) is 104 Å². The van der Waals surface area contributed by atoms with Crippen molar-refractivity contribution in [2.75, 3.05) is 6.54 Å². The number of nitrogens with one attached hydrogen (secondary N) is 1. The Hall–Kier alpha value is -4.51. The summed E-state index contributed by atoms with van der Waals surface area (Å²) in [6, 6.07) is 18.6. The number of carbonyl (C=O) groups excluding carboxylic acids is 1. The first-order valence-corrected chi connectivity index (χ1v) is 11.3. The number of amides is 1. The number of benzene rings is 2. The molecule has 2 heterocycles. The molecule has 0 unspecified atom stereocenters. The lowest BCUT2D eigenvalue weighted by atomic mass is 10.0. The standard InChI is InChI=1S/C27H24FN5O2/c28-21-10-8-19(9-11-21)26-24(18-33(32-26)16-4-13-29)20-12-15-30-22(17-20)5-3-14-31-27(35)23-6-1-2-7-25(23)34/h1-2,6-12,15,17-18,34H,3-5,14,16H2,(H,31,35). The number of para-hydroxylation sites is 1. The van der Waals surface area contributed by atoms with E-state index in [0.717, 1.165) is 22.4 Å². The van der Waals surface area contributed by atoms with Crippen LogP contribution in [0.5, 0.6) is 5.75 Å². The summed E-state index contributed by atoms with van der Waals surface area (Å²) < 4.78 is 15.2. The zero-order chi connectivity index (χ0) is 24.6. The van der Waals surface area contributed by atoms with Gasteiger partial charge in [-0.3, -0.25) is 14.5 Å². The van der Waals surface area contributed by atoms with E-state index in [0.29, 0.717) is 38.0 Å². The second-order valence-corrected chi connectivity index (χ2v) is 7.98. The highest BCUT2D eigenvalue weighted by molar-refractivity contribution is 5.96. The fourth-order valence-electron chi connectivity index (χ4n) is 3.75. The zero-order valence-electron chi connectivity index (χ0n) is 19.0. The molecule has 4 aromatic rings. The number of phenolic OH excluding ortho intramolecular Hbond substituents is 1. The van der Waals surface area contributed by atoms with Crippen LogP contribution in [0.15, 0.2) is 73.1 Å². The Morgan fingerprint density at radius 3 is 2.69 bits per heavy atom. The van der Waals surface area contributed by atoms with Gasteiger partial charge in [0, 0.05) is 35.8 Å². The monoisotopic (exact) mass is 469 g/mol. The maximum Gasteiger partial charge on any atom is 0.255 e. The summed E-state index contributed by atoms with van der Waals surface area (Å²) in [6.07, 6.45) is 5.26. The fraction of sp³-hybridized carbons (Fsp3) is 0.185. The van der Waals surface area contributed by atoms with Gasteiger partial charge in [0.05, 0.1) is 24.6 Å². The molecule has 0 atom stereocenters. The third kappa shape index (κ3) is 5.89. The molecule has 2 aromatic heterocycles. The van der Waals surface area contributed by atoms with Gasteiger partial charge in [0.1, 0.15) is 17.3 Å². The largest absolute Gasteiger partial charge is 0.507 e.